The Hall–Kier alpha value is -1.42. The summed E-state index contributed by atoms with van der Waals surface area (Å²) in [6.45, 7) is 3.34. The standard InChI is InChI=1S/C14H19FN2O/c1-10-9-12(15)5-4-11(10)6-8-17-7-2-3-13(16)14(17)18/h4-5,9,13H,2-3,6-8,16H2,1H3. The zero-order chi connectivity index (χ0) is 13.1. The molecule has 0 aliphatic carbocycles. The highest BCUT2D eigenvalue weighted by Crippen LogP contribution is 2.14. The third-order valence-corrected chi connectivity index (χ3v) is 3.53. The van der Waals surface area contributed by atoms with E-state index in [1.54, 1.807) is 6.07 Å². The lowest BCUT2D eigenvalue weighted by Crippen LogP contribution is -2.48. The third-order valence-electron chi connectivity index (χ3n) is 3.53. The summed E-state index contributed by atoms with van der Waals surface area (Å²) in [6, 6.07) is 4.44. The second kappa shape index (κ2) is 5.48. The summed E-state index contributed by atoms with van der Waals surface area (Å²) in [6.07, 6.45) is 2.50. The fourth-order valence-corrected chi connectivity index (χ4v) is 2.39. The van der Waals surface area contributed by atoms with Crippen molar-refractivity contribution in [2.75, 3.05) is 13.1 Å². The van der Waals surface area contributed by atoms with Crippen LogP contribution in [-0.2, 0) is 11.2 Å². The highest BCUT2D eigenvalue weighted by atomic mass is 19.1. The van der Waals surface area contributed by atoms with E-state index in [2.05, 4.69) is 0 Å². The Kier molecular flexibility index (Phi) is 3.97. The number of rotatable bonds is 3. The maximum absolute atomic E-state index is 13.0. The molecule has 1 atom stereocenters. The number of hydrogen-bond donors (Lipinski definition) is 1. The molecule has 2 rings (SSSR count). The molecule has 1 amide bonds. The zero-order valence-corrected chi connectivity index (χ0v) is 10.7. The Bertz CT molecular complexity index is 447. The first-order valence-corrected chi connectivity index (χ1v) is 6.37. The average Bonchev–Trinajstić information content (AvgIpc) is 2.33. The molecule has 2 N–H and O–H groups in total. The molecule has 4 heteroatoms. The number of amides is 1. The van der Waals surface area contributed by atoms with Gasteiger partial charge in [-0.1, -0.05) is 6.07 Å². The van der Waals surface area contributed by atoms with E-state index in [-0.39, 0.29) is 17.8 Å². The number of piperidine rings is 1. The maximum Gasteiger partial charge on any atom is 0.239 e. The van der Waals surface area contributed by atoms with Gasteiger partial charge in [0.1, 0.15) is 5.82 Å². The predicted octanol–water partition coefficient (Wildman–Crippen LogP) is 1.63. The molecule has 1 fully saturated rings. The first-order valence-electron chi connectivity index (χ1n) is 6.37. The van der Waals surface area contributed by atoms with Crippen LogP contribution < -0.4 is 5.73 Å². The van der Waals surface area contributed by atoms with Crippen LogP contribution in [0.1, 0.15) is 24.0 Å². The van der Waals surface area contributed by atoms with Gasteiger partial charge in [0.15, 0.2) is 0 Å². The molecule has 18 heavy (non-hydrogen) atoms. The van der Waals surface area contributed by atoms with Crippen LogP contribution in [0.15, 0.2) is 18.2 Å². The Labute approximate surface area is 107 Å². The largest absolute Gasteiger partial charge is 0.341 e. The van der Waals surface area contributed by atoms with E-state index in [1.165, 1.54) is 12.1 Å². The highest BCUT2D eigenvalue weighted by molar-refractivity contribution is 5.82. The van der Waals surface area contributed by atoms with Crippen molar-refractivity contribution < 1.29 is 9.18 Å². The lowest BCUT2D eigenvalue weighted by Gasteiger charge is -2.30. The van der Waals surface area contributed by atoms with Crippen LogP contribution in [0.2, 0.25) is 0 Å². The topological polar surface area (TPSA) is 46.3 Å². The van der Waals surface area contributed by atoms with Crippen LogP contribution in [0, 0.1) is 12.7 Å². The fraction of sp³-hybridized carbons (Fsp3) is 0.500. The van der Waals surface area contributed by atoms with Crippen molar-refractivity contribution in [3.8, 4) is 0 Å². The number of nitrogens with two attached hydrogens (primary N) is 1. The number of carbonyl (C=O) groups is 1. The Morgan fingerprint density at radius 2 is 2.28 bits per heavy atom. The first kappa shape index (κ1) is 13.0. The van der Waals surface area contributed by atoms with E-state index < -0.39 is 0 Å². The van der Waals surface area contributed by atoms with E-state index in [9.17, 15) is 9.18 Å². The molecule has 3 nitrogen and oxygen atoms in total. The molecule has 0 bridgehead atoms. The second-order valence-electron chi connectivity index (χ2n) is 4.89. The lowest BCUT2D eigenvalue weighted by atomic mass is 10.0. The number of likely N-dealkylation sites (tertiary alicyclic amines) is 1. The lowest BCUT2D eigenvalue weighted by molar-refractivity contribution is -0.134. The van der Waals surface area contributed by atoms with Gasteiger partial charge in [-0.15, -0.1) is 0 Å². The SMILES string of the molecule is Cc1cc(F)ccc1CCN1CCCC(N)C1=O. The van der Waals surface area contributed by atoms with Crippen LogP contribution in [0.4, 0.5) is 4.39 Å². The molecular formula is C14H19FN2O. The van der Waals surface area contributed by atoms with Gasteiger partial charge in [-0.2, -0.15) is 0 Å². The molecule has 1 unspecified atom stereocenters. The smallest absolute Gasteiger partial charge is 0.239 e. The van der Waals surface area contributed by atoms with Crippen molar-refractivity contribution in [2.45, 2.75) is 32.2 Å². The quantitative estimate of drug-likeness (QED) is 0.886. The van der Waals surface area contributed by atoms with E-state index in [0.717, 1.165) is 36.9 Å². The minimum absolute atomic E-state index is 0.0426. The monoisotopic (exact) mass is 250 g/mol. The summed E-state index contributed by atoms with van der Waals surface area (Å²) in [5.74, 6) is -0.173. The van der Waals surface area contributed by atoms with E-state index in [0.29, 0.717) is 6.54 Å². The molecule has 0 saturated carbocycles. The summed E-state index contributed by atoms with van der Waals surface area (Å²) < 4.78 is 13.0. The maximum atomic E-state index is 13.0. The molecule has 1 aromatic rings. The zero-order valence-electron chi connectivity index (χ0n) is 10.7. The molecule has 1 heterocycles. The van der Waals surface area contributed by atoms with Crippen LogP contribution >= 0.6 is 0 Å². The number of nitrogens with zero attached hydrogens (tertiary/aromatic N) is 1. The summed E-state index contributed by atoms with van der Waals surface area (Å²) in [5.41, 5.74) is 7.77. The summed E-state index contributed by atoms with van der Waals surface area (Å²) in [5, 5.41) is 0. The van der Waals surface area contributed by atoms with Crippen molar-refractivity contribution >= 4 is 5.91 Å². The van der Waals surface area contributed by atoms with Gasteiger partial charge in [0.25, 0.3) is 0 Å². The van der Waals surface area contributed by atoms with Crippen molar-refractivity contribution in [3.63, 3.8) is 0 Å². The van der Waals surface area contributed by atoms with Gasteiger partial charge in [0.2, 0.25) is 5.91 Å². The normalized spacial score (nSPS) is 20.3. The van der Waals surface area contributed by atoms with Crippen molar-refractivity contribution in [2.24, 2.45) is 5.73 Å². The molecule has 98 valence electrons. The number of carbonyl (C=O) groups excluding carboxylic acids is 1. The van der Waals surface area contributed by atoms with E-state index >= 15 is 0 Å². The number of hydrogen-bond acceptors (Lipinski definition) is 2. The van der Waals surface area contributed by atoms with Gasteiger partial charge in [0.05, 0.1) is 6.04 Å². The molecule has 1 saturated heterocycles. The van der Waals surface area contributed by atoms with Crippen LogP contribution in [0.25, 0.3) is 0 Å². The highest BCUT2D eigenvalue weighted by Gasteiger charge is 2.25. The molecule has 1 aromatic carbocycles. The summed E-state index contributed by atoms with van der Waals surface area (Å²) in [7, 11) is 0. The number of benzene rings is 1. The van der Waals surface area contributed by atoms with Gasteiger partial charge in [0, 0.05) is 13.1 Å². The first-order chi connectivity index (χ1) is 8.58. The Morgan fingerprint density at radius 1 is 1.50 bits per heavy atom. The molecule has 1 aliphatic rings. The van der Waals surface area contributed by atoms with Crippen LogP contribution in [-0.4, -0.2) is 29.9 Å². The number of aryl methyl sites for hydroxylation is 1. The van der Waals surface area contributed by atoms with Gasteiger partial charge in [-0.25, -0.2) is 4.39 Å². The summed E-state index contributed by atoms with van der Waals surface area (Å²) >= 11 is 0. The minimum atomic E-state index is -0.340. The number of halogens is 1. The van der Waals surface area contributed by atoms with Gasteiger partial charge >= 0.3 is 0 Å². The van der Waals surface area contributed by atoms with Crippen molar-refractivity contribution in [3.05, 3.63) is 35.1 Å². The van der Waals surface area contributed by atoms with Gasteiger partial charge in [-0.05, 0) is 49.4 Å². The fourth-order valence-electron chi connectivity index (χ4n) is 2.39. The van der Waals surface area contributed by atoms with E-state index in [4.69, 9.17) is 5.73 Å². The molecule has 0 aromatic heterocycles. The minimum Gasteiger partial charge on any atom is -0.341 e. The van der Waals surface area contributed by atoms with Crippen molar-refractivity contribution in [1.29, 1.82) is 0 Å². The van der Waals surface area contributed by atoms with Crippen LogP contribution in [0.3, 0.4) is 0 Å². The van der Waals surface area contributed by atoms with Gasteiger partial charge in [-0.3, -0.25) is 4.79 Å². The predicted molar refractivity (Wildman–Crippen MR) is 68.6 cm³/mol. The van der Waals surface area contributed by atoms with E-state index in [1.807, 2.05) is 11.8 Å². The van der Waals surface area contributed by atoms with Gasteiger partial charge < -0.3 is 10.6 Å². The molecule has 0 radical (unpaired) electrons. The molecule has 0 spiro atoms. The van der Waals surface area contributed by atoms with Crippen molar-refractivity contribution in [1.82, 2.24) is 4.90 Å². The second-order valence-corrected chi connectivity index (χ2v) is 4.89. The third kappa shape index (κ3) is 2.88. The average molecular weight is 250 g/mol. The van der Waals surface area contributed by atoms with Crippen LogP contribution in [0.5, 0.6) is 0 Å². The summed E-state index contributed by atoms with van der Waals surface area (Å²) in [4.78, 5) is 13.6. The molecular weight excluding hydrogens is 231 g/mol. The molecule has 1 aliphatic heterocycles. The Balaban J connectivity index is 1.96. The Morgan fingerprint density at radius 3 is 3.00 bits per heavy atom.